The van der Waals surface area contributed by atoms with Crippen molar-refractivity contribution in [2.45, 2.75) is 6.92 Å². The molecule has 0 saturated carbocycles. The Hall–Kier alpha value is -3.34. The van der Waals surface area contributed by atoms with Gasteiger partial charge in [-0.3, -0.25) is 0 Å². The molecule has 0 aliphatic carbocycles. The highest BCUT2D eigenvalue weighted by Crippen LogP contribution is 2.20. The Labute approximate surface area is 137 Å². The Morgan fingerprint density at radius 1 is 0.958 bits per heavy atom. The van der Waals surface area contributed by atoms with Crippen LogP contribution in [0.5, 0.6) is 0 Å². The SMILES string of the molecule is Cc1cc(-c2ccccc2)nc2n3ncc4ccccc4c3n[n+]12. The minimum absolute atomic E-state index is 0.717. The quantitative estimate of drug-likeness (QED) is 0.447. The molecule has 0 unspecified atom stereocenters. The van der Waals surface area contributed by atoms with Gasteiger partial charge < -0.3 is 0 Å². The van der Waals surface area contributed by atoms with Crippen molar-refractivity contribution in [3.8, 4) is 11.3 Å². The van der Waals surface area contributed by atoms with Crippen LogP contribution in [-0.2, 0) is 0 Å². The summed E-state index contributed by atoms with van der Waals surface area (Å²) in [5, 5.41) is 11.4. The van der Waals surface area contributed by atoms with Gasteiger partial charge in [-0.1, -0.05) is 63.1 Å². The first-order valence-electron chi connectivity index (χ1n) is 7.83. The molecule has 0 bridgehead atoms. The molecule has 3 heterocycles. The van der Waals surface area contributed by atoms with Gasteiger partial charge in [0.1, 0.15) is 5.69 Å². The Kier molecular flexibility index (Phi) is 2.64. The minimum atomic E-state index is 0.717. The van der Waals surface area contributed by atoms with Crippen molar-refractivity contribution in [1.82, 2.24) is 19.7 Å². The second kappa shape index (κ2) is 4.83. The van der Waals surface area contributed by atoms with Crippen molar-refractivity contribution in [2.75, 3.05) is 0 Å². The van der Waals surface area contributed by atoms with Crippen molar-refractivity contribution >= 4 is 22.2 Å². The third-order valence-corrected chi connectivity index (χ3v) is 4.26. The van der Waals surface area contributed by atoms with Crippen LogP contribution in [0.4, 0.5) is 0 Å². The fourth-order valence-electron chi connectivity index (χ4n) is 3.06. The third-order valence-electron chi connectivity index (χ3n) is 4.26. The third kappa shape index (κ3) is 1.81. The van der Waals surface area contributed by atoms with Crippen LogP contribution in [-0.4, -0.2) is 19.7 Å². The predicted octanol–water partition coefficient (Wildman–Crippen LogP) is 2.99. The molecule has 114 valence electrons. The van der Waals surface area contributed by atoms with Gasteiger partial charge in [0, 0.05) is 22.4 Å². The summed E-state index contributed by atoms with van der Waals surface area (Å²) >= 11 is 0. The molecule has 0 fully saturated rings. The Bertz CT molecular complexity index is 1210. The second-order valence-corrected chi connectivity index (χ2v) is 5.83. The number of aromatic nitrogens is 5. The smallest absolute Gasteiger partial charge is 0.111 e. The number of benzene rings is 2. The highest BCUT2D eigenvalue weighted by Gasteiger charge is 2.21. The molecule has 0 saturated heterocycles. The maximum absolute atomic E-state index is 4.80. The van der Waals surface area contributed by atoms with E-state index in [4.69, 9.17) is 10.1 Å². The van der Waals surface area contributed by atoms with Gasteiger partial charge in [0.25, 0.3) is 5.65 Å². The first-order valence-corrected chi connectivity index (χ1v) is 7.83. The molecule has 0 N–H and O–H groups in total. The number of aryl methyl sites for hydroxylation is 1. The topological polar surface area (TPSA) is 47.2 Å². The molecule has 0 aliphatic rings. The van der Waals surface area contributed by atoms with E-state index >= 15 is 0 Å². The van der Waals surface area contributed by atoms with Crippen LogP contribution in [0, 0.1) is 6.92 Å². The van der Waals surface area contributed by atoms with Gasteiger partial charge in [-0.15, -0.1) is 9.61 Å². The van der Waals surface area contributed by atoms with Gasteiger partial charge in [0.2, 0.25) is 0 Å². The number of nitrogens with zero attached hydrogens (tertiary/aromatic N) is 5. The number of rotatable bonds is 1. The van der Waals surface area contributed by atoms with E-state index < -0.39 is 0 Å². The highest BCUT2D eigenvalue weighted by atomic mass is 15.4. The van der Waals surface area contributed by atoms with Crippen molar-refractivity contribution in [1.29, 1.82) is 0 Å². The lowest BCUT2D eigenvalue weighted by Crippen LogP contribution is -2.28. The summed E-state index contributed by atoms with van der Waals surface area (Å²) in [6, 6.07) is 20.3. The van der Waals surface area contributed by atoms with E-state index in [1.54, 1.807) is 0 Å². The van der Waals surface area contributed by atoms with Gasteiger partial charge >= 0.3 is 5.78 Å². The van der Waals surface area contributed by atoms with Crippen molar-refractivity contribution < 1.29 is 4.52 Å². The Morgan fingerprint density at radius 3 is 2.62 bits per heavy atom. The minimum Gasteiger partial charge on any atom is -0.111 e. The molecule has 5 aromatic rings. The van der Waals surface area contributed by atoms with Gasteiger partial charge in [-0.25, -0.2) is 0 Å². The molecule has 0 amide bonds. The second-order valence-electron chi connectivity index (χ2n) is 5.83. The van der Waals surface area contributed by atoms with Gasteiger partial charge in [0.05, 0.1) is 6.20 Å². The first-order chi connectivity index (χ1) is 11.8. The average Bonchev–Trinajstić information content (AvgIpc) is 3.02. The molecule has 3 aromatic heterocycles. The van der Waals surface area contributed by atoms with Crippen LogP contribution in [0.3, 0.4) is 0 Å². The number of hydrogen-bond acceptors (Lipinski definition) is 3. The van der Waals surface area contributed by atoms with Crippen LogP contribution < -0.4 is 4.52 Å². The summed E-state index contributed by atoms with van der Waals surface area (Å²) in [6.45, 7) is 2.04. The van der Waals surface area contributed by atoms with E-state index in [1.807, 2.05) is 58.5 Å². The van der Waals surface area contributed by atoms with Crippen LogP contribution in [0.25, 0.3) is 33.5 Å². The van der Waals surface area contributed by atoms with E-state index in [9.17, 15) is 0 Å². The summed E-state index contributed by atoms with van der Waals surface area (Å²) in [5.41, 5.74) is 3.84. The summed E-state index contributed by atoms with van der Waals surface area (Å²) in [5.74, 6) is 0.717. The predicted molar refractivity (Wildman–Crippen MR) is 91.6 cm³/mol. The normalized spacial score (nSPS) is 11.5. The summed E-state index contributed by atoms with van der Waals surface area (Å²) in [4.78, 5) is 4.80. The lowest BCUT2D eigenvalue weighted by atomic mass is 10.1. The van der Waals surface area contributed by atoms with Crippen LogP contribution in [0.2, 0.25) is 0 Å². The molecular weight excluding hydrogens is 298 g/mol. The van der Waals surface area contributed by atoms with E-state index in [0.717, 1.165) is 39.1 Å². The largest absolute Gasteiger partial charge is 0.449 e. The number of fused-ring (bicyclic) bond motifs is 5. The zero-order valence-electron chi connectivity index (χ0n) is 13.1. The van der Waals surface area contributed by atoms with Crippen molar-refractivity contribution in [3.05, 3.63) is 72.6 Å². The van der Waals surface area contributed by atoms with E-state index in [1.165, 1.54) is 0 Å². The fourth-order valence-corrected chi connectivity index (χ4v) is 3.06. The lowest BCUT2D eigenvalue weighted by molar-refractivity contribution is -0.585. The van der Waals surface area contributed by atoms with Gasteiger partial charge in [0.15, 0.2) is 5.69 Å². The molecule has 0 spiro atoms. The molecule has 5 heteroatoms. The summed E-state index contributed by atoms with van der Waals surface area (Å²) < 4.78 is 3.66. The molecule has 5 nitrogen and oxygen atoms in total. The zero-order chi connectivity index (χ0) is 16.1. The molecule has 5 rings (SSSR count). The van der Waals surface area contributed by atoms with E-state index in [0.29, 0.717) is 0 Å². The zero-order valence-corrected chi connectivity index (χ0v) is 13.1. The highest BCUT2D eigenvalue weighted by molar-refractivity contribution is 5.93. The molecule has 0 radical (unpaired) electrons. The van der Waals surface area contributed by atoms with Crippen molar-refractivity contribution in [2.24, 2.45) is 0 Å². The first kappa shape index (κ1) is 13.1. The van der Waals surface area contributed by atoms with E-state index in [2.05, 4.69) is 29.4 Å². The van der Waals surface area contributed by atoms with Crippen LogP contribution in [0.15, 0.2) is 66.9 Å². The maximum Gasteiger partial charge on any atom is 0.449 e. The molecule has 0 aliphatic heterocycles. The lowest BCUT2D eigenvalue weighted by Gasteiger charge is -1.97. The van der Waals surface area contributed by atoms with Crippen LogP contribution in [0.1, 0.15) is 5.69 Å². The summed E-state index contributed by atoms with van der Waals surface area (Å²) in [6.07, 6.45) is 1.86. The maximum atomic E-state index is 4.80. The van der Waals surface area contributed by atoms with E-state index in [-0.39, 0.29) is 0 Å². The monoisotopic (exact) mass is 312 g/mol. The fraction of sp³-hybridized carbons (Fsp3) is 0.0526. The average molecular weight is 312 g/mol. The molecular formula is C19H14N5+. The van der Waals surface area contributed by atoms with Gasteiger partial charge in [-0.05, 0) is 13.0 Å². The van der Waals surface area contributed by atoms with Crippen LogP contribution >= 0.6 is 0 Å². The van der Waals surface area contributed by atoms with Gasteiger partial charge in [-0.2, -0.15) is 0 Å². The standard InChI is InChI=1S/C19H14N5/c1-13-11-17(14-7-3-2-4-8-14)21-19-23(13)22-18-16-10-6-5-9-15(16)12-20-24(18)19/h2-12H,1H3/q+1. The molecule has 0 atom stereocenters. The molecule has 2 aromatic carbocycles. The Morgan fingerprint density at radius 2 is 1.75 bits per heavy atom. The summed E-state index contributed by atoms with van der Waals surface area (Å²) in [7, 11) is 0. The Balaban J connectivity index is 1.90. The number of hydrogen-bond donors (Lipinski definition) is 0. The van der Waals surface area contributed by atoms with Crippen molar-refractivity contribution in [3.63, 3.8) is 0 Å². The molecule has 24 heavy (non-hydrogen) atoms.